The number of carboxylic acid groups (broad SMARTS) is 1. The number of amides is 3. The number of carbonyl (C=O) groups excluding carboxylic acids is 2. The third-order valence-electron chi connectivity index (χ3n) is 2.90. The van der Waals surface area contributed by atoms with Crippen LogP contribution in [0.3, 0.4) is 0 Å². The maximum Gasteiger partial charge on any atom is 0.324 e. The van der Waals surface area contributed by atoms with Crippen LogP contribution in [-0.2, 0) is 14.3 Å². The van der Waals surface area contributed by atoms with Crippen molar-refractivity contribution in [1.29, 1.82) is 0 Å². The van der Waals surface area contributed by atoms with E-state index in [0.717, 1.165) is 0 Å². The quantitative estimate of drug-likeness (QED) is 0.731. The van der Waals surface area contributed by atoms with Crippen LogP contribution in [0, 0.1) is 5.41 Å². The van der Waals surface area contributed by atoms with Gasteiger partial charge in [-0.05, 0) is 12.3 Å². The first-order valence-electron chi connectivity index (χ1n) is 6.36. The minimum Gasteiger partial charge on any atom is -0.481 e. The zero-order chi connectivity index (χ0) is 15.9. The molecule has 0 fully saturated rings. The SMILES string of the molecule is COCC(C)N(C)C(=O)NC(=O)CC(C)(C)CC(=O)O. The molecule has 0 saturated carbocycles. The van der Waals surface area contributed by atoms with Gasteiger partial charge < -0.3 is 14.7 Å². The lowest BCUT2D eigenvalue weighted by molar-refractivity contribution is -0.139. The molecule has 2 N–H and O–H groups in total. The van der Waals surface area contributed by atoms with Crippen molar-refractivity contribution in [1.82, 2.24) is 10.2 Å². The molecule has 7 heteroatoms. The second-order valence-corrected chi connectivity index (χ2v) is 5.68. The normalized spacial score (nSPS) is 12.7. The summed E-state index contributed by atoms with van der Waals surface area (Å²) in [5.74, 6) is -1.46. The second kappa shape index (κ2) is 7.84. The number of urea groups is 1. The lowest BCUT2D eigenvalue weighted by Gasteiger charge is -2.25. The van der Waals surface area contributed by atoms with Crippen LogP contribution in [0.1, 0.15) is 33.6 Å². The molecule has 20 heavy (non-hydrogen) atoms. The van der Waals surface area contributed by atoms with E-state index in [-0.39, 0.29) is 18.9 Å². The lowest BCUT2D eigenvalue weighted by Crippen LogP contribution is -2.47. The lowest BCUT2D eigenvalue weighted by atomic mass is 9.85. The summed E-state index contributed by atoms with van der Waals surface area (Å²) in [5.41, 5.74) is -0.701. The van der Waals surface area contributed by atoms with Gasteiger partial charge in [-0.2, -0.15) is 0 Å². The van der Waals surface area contributed by atoms with E-state index in [1.807, 2.05) is 0 Å². The molecule has 0 spiro atoms. The Morgan fingerprint density at radius 3 is 2.30 bits per heavy atom. The topological polar surface area (TPSA) is 95.9 Å². The van der Waals surface area contributed by atoms with Gasteiger partial charge in [-0.15, -0.1) is 0 Å². The van der Waals surface area contributed by atoms with Crippen molar-refractivity contribution in [3.8, 4) is 0 Å². The Morgan fingerprint density at radius 2 is 1.85 bits per heavy atom. The fraction of sp³-hybridized carbons (Fsp3) is 0.769. The van der Waals surface area contributed by atoms with Gasteiger partial charge >= 0.3 is 12.0 Å². The number of aliphatic carboxylic acids is 1. The number of carbonyl (C=O) groups is 3. The molecule has 0 aromatic rings. The molecule has 0 bridgehead atoms. The molecule has 0 aromatic heterocycles. The second-order valence-electron chi connectivity index (χ2n) is 5.68. The van der Waals surface area contributed by atoms with Gasteiger partial charge in [0, 0.05) is 20.6 Å². The number of nitrogens with one attached hydrogen (secondary N) is 1. The highest BCUT2D eigenvalue weighted by Gasteiger charge is 2.27. The van der Waals surface area contributed by atoms with Gasteiger partial charge in [-0.1, -0.05) is 13.8 Å². The average Bonchev–Trinajstić information content (AvgIpc) is 2.24. The van der Waals surface area contributed by atoms with Crippen molar-refractivity contribution >= 4 is 17.9 Å². The standard InChI is InChI=1S/C13H24N2O5/c1-9(8-20-5)15(4)12(19)14-10(16)6-13(2,3)7-11(17)18/h9H,6-8H2,1-5H3,(H,17,18)(H,14,16,19). The van der Waals surface area contributed by atoms with Crippen molar-refractivity contribution in [3.05, 3.63) is 0 Å². The summed E-state index contributed by atoms with van der Waals surface area (Å²) in [7, 11) is 3.09. The van der Waals surface area contributed by atoms with E-state index in [4.69, 9.17) is 9.84 Å². The van der Waals surface area contributed by atoms with E-state index in [2.05, 4.69) is 5.32 Å². The molecule has 0 radical (unpaired) electrons. The molecule has 1 atom stereocenters. The minimum absolute atomic E-state index is 0.0302. The number of ether oxygens (including phenoxy) is 1. The summed E-state index contributed by atoms with van der Waals surface area (Å²) in [6.45, 7) is 5.50. The molecule has 0 aromatic carbocycles. The first-order valence-corrected chi connectivity index (χ1v) is 6.36. The fourth-order valence-electron chi connectivity index (χ4n) is 1.71. The van der Waals surface area contributed by atoms with E-state index in [0.29, 0.717) is 6.61 Å². The zero-order valence-corrected chi connectivity index (χ0v) is 12.7. The van der Waals surface area contributed by atoms with E-state index in [1.54, 1.807) is 27.8 Å². The van der Waals surface area contributed by atoms with Crippen LogP contribution in [0.4, 0.5) is 4.79 Å². The monoisotopic (exact) mass is 288 g/mol. The molecule has 116 valence electrons. The Labute approximate surface area is 119 Å². The highest BCUT2D eigenvalue weighted by molar-refractivity contribution is 5.94. The number of nitrogens with zero attached hydrogens (tertiary/aromatic N) is 1. The molecule has 1 unspecified atom stereocenters. The maximum absolute atomic E-state index is 11.8. The predicted octanol–water partition coefficient (Wildman–Crippen LogP) is 1.08. The summed E-state index contributed by atoms with van der Waals surface area (Å²) in [6.07, 6.45) is -0.165. The van der Waals surface area contributed by atoms with Crippen molar-refractivity contribution in [3.63, 3.8) is 0 Å². The Bertz CT molecular complexity index is 368. The van der Waals surface area contributed by atoms with Gasteiger partial charge in [0.1, 0.15) is 0 Å². The number of likely N-dealkylation sites (N-methyl/N-ethyl adjacent to an activating group) is 1. The van der Waals surface area contributed by atoms with Crippen molar-refractivity contribution in [2.75, 3.05) is 20.8 Å². The van der Waals surface area contributed by atoms with Crippen LogP contribution >= 0.6 is 0 Å². The molecular weight excluding hydrogens is 264 g/mol. The summed E-state index contributed by atoms with van der Waals surface area (Å²) in [4.78, 5) is 35.6. The minimum atomic E-state index is -0.972. The Hall–Kier alpha value is -1.63. The first-order chi connectivity index (χ1) is 9.09. The molecule has 7 nitrogen and oxygen atoms in total. The molecule has 0 heterocycles. The van der Waals surface area contributed by atoms with Crippen LogP contribution in [0.2, 0.25) is 0 Å². The molecule has 3 amide bonds. The highest BCUT2D eigenvalue weighted by atomic mass is 16.5. The summed E-state index contributed by atoms with van der Waals surface area (Å²) in [5, 5.41) is 11.0. The van der Waals surface area contributed by atoms with Crippen molar-refractivity contribution in [2.45, 2.75) is 39.7 Å². The smallest absolute Gasteiger partial charge is 0.324 e. The molecular formula is C13H24N2O5. The molecule has 0 aliphatic carbocycles. The van der Waals surface area contributed by atoms with Crippen LogP contribution in [0.25, 0.3) is 0 Å². The number of hydrogen-bond acceptors (Lipinski definition) is 4. The fourth-order valence-corrected chi connectivity index (χ4v) is 1.71. The number of rotatable bonds is 7. The number of carboxylic acids is 1. The summed E-state index contributed by atoms with van der Waals surface area (Å²) >= 11 is 0. The maximum atomic E-state index is 11.8. The molecule has 0 aliphatic heterocycles. The zero-order valence-electron chi connectivity index (χ0n) is 12.7. The predicted molar refractivity (Wildman–Crippen MR) is 73.3 cm³/mol. The van der Waals surface area contributed by atoms with Gasteiger partial charge in [-0.25, -0.2) is 4.79 Å². The summed E-state index contributed by atoms with van der Waals surface area (Å²) < 4.78 is 4.93. The first kappa shape index (κ1) is 18.4. The van der Waals surface area contributed by atoms with Crippen LogP contribution in [0.5, 0.6) is 0 Å². The molecule has 0 rings (SSSR count). The van der Waals surface area contributed by atoms with Crippen LogP contribution in [0.15, 0.2) is 0 Å². The average molecular weight is 288 g/mol. The number of hydrogen-bond donors (Lipinski definition) is 2. The van der Waals surface area contributed by atoms with Gasteiger partial charge in [-0.3, -0.25) is 14.9 Å². The highest BCUT2D eigenvalue weighted by Crippen LogP contribution is 2.24. The van der Waals surface area contributed by atoms with E-state index in [1.165, 1.54) is 12.0 Å². The van der Waals surface area contributed by atoms with Gasteiger partial charge in [0.15, 0.2) is 0 Å². The van der Waals surface area contributed by atoms with Crippen LogP contribution in [-0.4, -0.2) is 54.7 Å². The van der Waals surface area contributed by atoms with Crippen LogP contribution < -0.4 is 5.32 Å². The van der Waals surface area contributed by atoms with Gasteiger partial charge in [0.05, 0.1) is 19.1 Å². The third kappa shape index (κ3) is 7.08. The van der Waals surface area contributed by atoms with E-state index in [9.17, 15) is 14.4 Å². The van der Waals surface area contributed by atoms with E-state index >= 15 is 0 Å². The van der Waals surface area contributed by atoms with Crippen molar-refractivity contribution in [2.24, 2.45) is 5.41 Å². The summed E-state index contributed by atoms with van der Waals surface area (Å²) in [6, 6.07) is -0.689. The molecule has 0 aliphatic rings. The number of methoxy groups -OCH3 is 1. The Kier molecular flexibility index (Phi) is 7.20. The molecule has 0 saturated heterocycles. The Balaban J connectivity index is 4.39. The van der Waals surface area contributed by atoms with Gasteiger partial charge in [0.2, 0.25) is 5.91 Å². The van der Waals surface area contributed by atoms with Gasteiger partial charge in [0.25, 0.3) is 0 Å². The largest absolute Gasteiger partial charge is 0.481 e. The van der Waals surface area contributed by atoms with Crippen molar-refractivity contribution < 1.29 is 24.2 Å². The third-order valence-corrected chi connectivity index (χ3v) is 2.90. The Morgan fingerprint density at radius 1 is 1.30 bits per heavy atom. The van der Waals surface area contributed by atoms with E-state index < -0.39 is 23.3 Å². The number of imide groups is 1.